The first-order chi connectivity index (χ1) is 9.51. The SMILES string of the molecule is O=Cc1ccc(/C=C2\SC(=O)N(CC(=O)O)C2=O)cc1. The number of benzene rings is 1. The molecule has 2 rings (SSSR count). The Morgan fingerprint density at radius 1 is 1.20 bits per heavy atom. The van der Waals surface area contributed by atoms with Gasteiger partial charge in [0.1, 0.15) is 12.8 Å². The highest BCUT2D eigenvalue weighted by Gasteiger charge is 2.36. The van der Waals surface area contributed by atoms with E-state index in [2.05, 4.69) is 0 Å². The molecule has 0 aromatic heterocycles. The molecule has 0 radical (unpaired) electrons. The predicted molar refractivity (Wildman–Crippen MR) is 72.1 cm³/mol. The minimum Gasteiger partial charge on any atom is -0.480 e. The molecule has 1 fully saturated rings. The topological polar surface area (TPSA) is 91.8 Å². The molecule has 1 aromatic carbocycles. The van der Waals surface area contributed by atoms with E-state index in [9.17, 15) is 19.2 Å². The number of nitrogens with zero attached hydrogens (tertiary/aromatic N) is 1. The van der Waals surface area contributed by atoms with Gasteiger partial charge < -0.3 is 5.11 Å². The summed E-state index contributed by atoms with van der Waals surface area (Å²) in [7, 11) is 0. The number of carbonyl (C=O) groups is 4. The molecular formula is C13H9NO5S. The lowest BCUT2D eigenvalue weighted by molar-refractivity contribution is -0.140. The lowest BCUT2D eigenvalue weighted by Gasteiger charge is -2.07. The second-order valence-corrected chi connectivity index (χ2v) is 4.94. The number of hydrogen-bond acceptors (Lipinski definition) is 5. The number of carbonyl (C=O) groups excluding carboxylic acids is 3. The number of imide groups is 1. The molecule has 1 N–H and O–H groups in total. The summed E-state index contributed by atoms with van der Waals surface area (Å²) in [5, 5.41) is 8.03. The summed E-state index contributed by atoms with van der Waals surface area (Å²) in [6.07, 6.45) is 2.19. The van der Waals surface area contributed by atoms with Crippen LogP contribution in [0.2, 0.25) is 0 Å². The smallest absolute Gasteiger partial charge is 0.323 e. The summed E-state index contributed by atoms with van der Waals surface area (Å²) < 4.78 is 0. The van der Waals surface area contributed by atoms with E-state index in [1.54, 1.807) is 24.3 Å². The van der Waals surface area contributed by atoms with Crippen molar-refractivity contribution in [2.45, 2.75) is 0 Å². The van der Waals surface area contributed by atoms with Gasteiger partial charge in [-0.1, -0.05) is 24.3 Å². The summed E-state index contributed by atoms with van der Waals surface area (Å²) in [5.74, 6) is -1.87. The zero-order valence-corrected chi connectivity index (χ0v) is 10.9. The Morgan fingerprint density at radius 2 is 1.80 bits per heavy atom. The maximum atomic E-state index is 11.9. The van der Waals surface area contributed by atoms with Gasteiger partial charge in [-0.25, -0.2) is 0 Å². The monoisotopic (exact) mass is 291 g/mol. The van der Waals surface area contributed by atoms with E-state index in [0.717, 1.165) is 0 Å². The van der Waals surface area contributed by atoms with Crippen LogP contribution >= 0.6 is 11.8 Å². The van der Waals surface area contributed by atoms with Gasteiger partial charge in [-0.3, -0.25) is 24.1 Å². The average molecular weight is 291 g/mol. The minimum atomic E-state index is -1.25. The van der Waals surface area contributed by atoms with Gasteiger partial charge >= 0.3 is 5.97 Å². The van der Waals surface area contributed by atoms with Crippen molar-refractivity contribution in [1.29, 1.82) is 0 Å². The third-order valence-corrected chi connectivity index (χ3v) is 3.44. The van der Waals surface area contributed by atoms with Crippen LogP contribution in [0.3, 0.4) is 0 Å². The van der Waals surface area contributed by atoms with Crippen molar-refractivity contribution >= 4 is 41.2 Å². The Balaban J connectivity index is 2.22. The van der Waals surface area contributed by atoms with Gasteiger partial charge in [-0.15, -0.1) is 0 Å². The van der Waals surface area contributed by atoms with Crippen LogP contribution in [0.25, 0.3) is 6.08 Å². The zero-order valence-electron chi connectivity index (χ0n) is 10.1. The van der Waals surface area contributed by atoms with E-state index < -0.39 is 23.7 Å². The Hall–Kier alpha value is -2.41. The molecule has 0 unspecified atom stereocenters. The van der Waals surface area contributed by atoms with Gasteiger partial charge in [-0.05, 0) is 23.4 Å². The van der Waals surface area contributed by atoms with Crippen LogP contribution in [0, 0.1) is 0 Å². The summed E-state index contributed by atoms with van der Waals surface area (Å²) in [6.45, 7) is -0.647. The van der Waals surface area contributed by atoms with Crippen molar-refractivity contribution in [3.8, 4) is 0 Å². The van der Waals surface area contributed by atoms with Crippen LogP contribution in [0.4, 0.5) is 4.79 Å². The van der Waals surface area contributed by atoms with E-state index in [1.807, 2.05) is 0 Å². The Kier molecular flexibility index (Phi) is 3.99. The molecule has 6 nitrogen and oxygen atoms in total. The first-order valence-corrected chi connectivity index (χ1v) is 6.35. The molecule has 1 heterocycles. The number of hydrogen-bond donors (Lipinski definition) is 1. The van der Waals surface area contributed by atoms with Crippen LogP contribution in [0.5, 0.6) is 0 Å². The molecule has 1 aliphatic heterocycles. The molecular weight excluding hydrogens is 282 g/mol. The third-order valence-electron chi connectivity index (χ3n) is 2.54. The Bertz CT molecular complexity index is 620. The number of carboxylic acid groups (broad SMARTS) is 1. The van der Waals surface area contributed by atoms with Crippen molar-refractivity contribution in [3.63, 3.8) is 0 Å². The van der Waals surface area contributed by atoms with Crippen LogP contribution in [0.15, 0.2) is 29.2 Å². The highest BCUT2D eigenvalue weighted by molar-refractivity contribution is 8.18. The maximum absolute atomic E-state index is 11.9. The van der Waals surface area contributed by atoms with Gasteiger partial charge in [0.05, 0.1) is 4.91 Å². The summed E-state index contributed by atoms with van der Waals surface area (Å²) in [4.78, 5) is 45.4. The van der Waals surface area contributed by atoms with Gasteiger partial charge in [0.15, 0.2) is 0 Å². The summed E-state index contributed by atoms with van der Waals surface area (Å²) in [5.41, 5.74) is 1.15. The van der Waals surface area contributed by atoms with E-state index in [1.165, 1.54) is 6.08 Å². The normalized spacial score (nSPS) is 16.8. The molecule has 0 bridgehead atoms. The largest absolute Gasteiger partial charge is 0.480 e. The van der Waals surface area contributed by atoms with Crippen LogP contribution in [-0.2, 0) is 9.59 Å². The van der Waals surface area contributed by atoms with E-state index in [-0.39, 0.29) is 4.91 Å². The number of carboxylic acids is 1. The molecule has 2 amide bonds. The van der Waals surface area contributed by atoms with E-state index in [4.69, 9.17) is 5.11 Å². The second-order valence-electron chi connectivity index (χ2n) is 3.95. The lowest BCUT2D eigenvalue weighted by Crippen LogP contribution is -2.33. The van der Waals surface area contributed by atoms with Crippen LogP contribution < -0.4 is 0 Å². The number of aliphatic carboxylic acids is 1. The molecule has 0 atom stereocenters. The quantitative estimate of drug-likeness (QED) is 0.669. The number of thioether (sulfide) groups is 1. The number of aldehydes is 1. The molecule has 1 saturated heterocycles. The molecule has 0 spiro atoms. The van der Waals surface area contributed by atoms with E-state index >= 15 is 0 Å². The maximum Gasteiger partial charge on any atom is 0.323 e. The zero-order chi connectivity index (χ0) is 14.7. The third kappa shape index (κ3) is 2.94. The fraction of sp³-hybridized carbons (Fsp3) is 0.0769. The Labute approximate surface area is 118 Å². The van der Waals surface area contributed by atoms with Gasteiger partial charge in [0.25, 0.3) is 11.1 Å². The molecule has 0 aliphatic carbocycles. The second kappa shape index (κ2) is 5.70. The number of rotatable bonds is 4. The molecule has 7 heteroatoms. The van der Waals surface area contributed by atoms with Crippen molar-refractivity contribution < 1.29 is 24.3 Å². The Morgan fingerprint density at radius 3 is 2.35 bits per heavy atom. The summed E-state index contributed by atoms with van der Waals surface area (Å²) in [6, 6.07) is 6.43. The lowest BCUT2D eigenvalue weighted by atomic mass is 10.1. The molecule has 1 aromatic rings. The fourth-order valence-corrected chi connectivity index (χ4v) is 2.43. The average Bonchev–Trinajstić information content (AvgIpc) is 2.67. The molecule has 0 saturated carbocycles. The van der Waals surface area contributed by atoms with Gasteiger partial charge in [0, 0.05) is 5.56 Å². The van der Waals surface area contributed by atoms with Gasteiger partial charge in [-0.2, -0.15) is 0 Å². The summed E-state index contributed by atoms with van der Waals surface area (Å²) >= 11 is 0.694. The van der Waals surface area contributed by atoms with Gasteiger partial charge in [0.2, 0.25) is 0 Å². The van der Waals surface area contributed by atoms with Crippen molar-refractivity contribution in [2.24, 2.45) is 0 Å². The fourth-order valence-electron chi connectivity index (χ4n) is 1.59. The van der Waals surface area contributed by atoms with Crippen LogP contribution in [0.1, 0.15) is 15.9 Å². The molecule has 20 heavy (non-hydrogen) atoms. The standard InChI is InChI=1S/C13H9NO5S/c15-7-9-3-1-8(2-4-9)5-10-12(18)14(6-11(16)17)13(19)20-10/h1-5,7H,6H2,(H,16,17)/b10-5-. The minimum absolute atomic E-state index is 0.162. The molecule has 1 aliphatic rings. The number of amides is 2. The highest BCUT2D eigenvalue weighted by atomic mass is 32.2. The van der Waals surface area contributed by atoms with Crippen LogP contribution in [-0.4, -0.2) is 40.0 Å². The van der Waals surface area contributed by atoms with Crippen molar-refractivity contribution in [2.75, 3.05) is 6.54 Å². The highest BCUT2D eigenvalue weighted by Crippen LogP contribution is 2.31. The first kappa shape index (κ1) is 14.0. The predicted octanol–water partition coefficient (Wildman–Crippen LogP) is 1.62. The first-order valence-electron chi connectivity index (χ1n) is 5.53. The van der Waals surface area contributed by atoms with Crippen molar-refractivity contribution in [3.05, 3.63) is 40.3 Å². The van der Waals surface area contributed by atoms with E-state index in [0.29, 0.717) is 34.1 Å². The molecule has 102 valence electrons. The van der Waals surface area contributed by atoms with Crippen molar-refractivity contribution in [1.82, 2.24) is 4.90 Å².